The summed E-state index contributed by atoms with van der Waals surface area (Å²) in [6.07, 6.45) is 10.0. The number of nitrogens with two attached hydrogens (primary N) is 1. The number of aliphatic hydroxyl groups is 3. The molecule has 3 amide bonds. The smallest absolute Gasteiger partial charge is 0.305 e. The number of pyridine rings is 2. The molecule has 15 nitrogen and oxygen atoms in total. The fraction of sp³-hybridized carbons (Fsp3) is 0.567. The molecule has 4 aromatic rings. The molecule has 3 unspecified atom stereocenters. The fourth-order valence-electron chi connectivity index (χ4n) is 14.4. The van der Waals surface area contributed by atoms with E-state index in [1.165, 1.54) is 7.11 Å². The van der Waals surface area contributed by atoms with Crippen LogP contribution in [0.25, 0.3) is 0 Å². The topological polar surface area (TPSA) is 238 Å². The molecule has 15 heteroatoms. The number of esters is 1. The van der Waals surface area contributed by atoms with Gasteiger partial charge in [0.1, 0.15) is 5.82 Å². The van der Waals surface area contributed by atoms with E-state index in [-0.39, 0.29) is 88.9 Å². The van der Waals surface area contributed by atoms with Crippen LogP contribution in [0.5, 0.6) is 0 Å². The predicted octanol–water partition coefficient (Wildman–Crippen LogP) is 8.15. The summed E-state index contributed by atoms with van der Waals surface area (Å²) < 4.78 is 4.91. The van der Waals surface area contributed by atoms with Crippen LogP contribution >= 0.6 is 0 Å². The number of fused-ring (bicyclic) bond motifs is 5. The van der Waals surface area contributed by atoms with Crippen LogP contribution in [0.15, 0.2) is 103 Å². The normalized spacial score (nSPS) is 28.9. The molecule has 2 aromatic carbocycles. The molecule has 4 fully saturated rings. The molecule has 0 saturated heterocycles. The number of anilines is 2. The third-order valence-corrected chi connectivity index (χ3v) is 18.5. The highest BCUT2D eigenvalue weighted by Gasteiger charge is 2.65. The van der Waals surface area contributed by atoms with Crippen LogP contribution in [0, 0.1) is 46.3 Å². The molecule has 0 radical (unpaired) electrons. The van der Waals surface area contributed by atoms with E-state index in [9.17, 15) is 34.5 Å². The van der Waals surface area contributed by atoms with Crippen molar-refractivity contribution in [1.82, 2.24) is 20.6 Å². The minimum atomic E-state index is -0.983. The van der Waals surface area contributed by atoms with Gasteiger partial charge < -0.3 is 47.1 Å². The summed E-state index contributed by atoms with van der Waals surface area (Å²) in [6, 6.07) is 26.5. The SMILES string of the molecule is COC(=O)CC[C@@H](C)[C@H]1CC[C@H]2[C@@H]3[C@H](O)C[C@@H]4C[C@@H](NC(=O)CCC(=O)NCCCC[C@H](N)C(=O)Nc5ccccc5C(Nc5ccccn5)C(c5ccccn5)C(O)c5ccccc5)CC[C@]4(C)[C@H]3C[C@H](O)[C@]12C. The minimum Gasteiger partial charge on any atom is -0.469 e. The average molecular weight is 1030 g/mol. The molecule has 2 aromatic heterocycles. The molecular weight excluding hydrogens is 947 g/mol. The molecule has 15 atom stereocenters. The van der Waals surface area contributed by atoms with Crippen LogP contribution in [-0.4, -0.2) is 86.9 Å². The summed E-state index contributed by atoms with van der Waals surface area (Å²) in [6.45, 7) is 7.17. The molecule has 9 N–H and O–H groups in total. The number of hydrogen-bond donors (Lipinski definition) is 8. The van der Waals surface area contributed by atoms with E-state index in [2.05, 4.69) is 52.0 Å². The van der Waals surface area contributed by atoms with E-state index in [1.54, 1.807) is 12.4 Å². The number of hydrogen-bond acceptors (Lipinski definition) is 12. The first kappa shape index (κ1) is 55.5. The van der Waals surface area contributed by atoms with E-state index >= 15 is 0 Å². The first-order valence-electron chi connectivity index (χ1n) is 27.6. The van der Waals surface area contributed by atoms with Gasteiger partial charge in [0.15, 0.2) is 0 Å². The highest BCUT2D eigenvalue weighted by molar-refractivity contribution is 5.95. The number of nitrogens with one attached hydrogen (secondary N) is 4. The quantitative estimate of drug-likeness (QED) is 0.0275. The number of aromatic nitrogens is 2. The van der Waals surface area contributed by atoms with E-state index in [0.717, 1.165) is 38.5 Å². The number of methoxy groups -OCH3 is 1. The second-order valence-electron chi connectivity index (χ2n) is 22.7. The molecular formula is C60H81N7O8. The Bertz CT molecular complexity index is 2520. The van der Waals surface area contributed by atoms with Gasteiger partial charge in [0.2, 0.25) is 17.7 Å². The third kappa shape index (κ3) is 12.6. The van der Waals surface area contributed by atoms with Crippen molar-refractivity contribution < 1.29 is 39.2 Å². The minimum absolute atomic E-state index is 0.0386. The average Bonchev–Trinajstić information content (AvgIpc) is 3.82. The number of unbranched alkanes of at least 4 members (excludes halogenated alkanes) is 1. The number of rotatable bonds is 22. The van der Waals surface area contributed by atoms with Crippen molar-refractivity contribution in [2.75, 3.05) is 24.3 Å². The maximum absolute atomic E-state index is 13.7. The van der Waals surface area contributed by atoms with E-state index in [1.807, 2.05) is 91.0 Å². The second-order valence-corrected chi connectivity index (χ2v) is 22.7. The van der Waals surface area contributed by atoms with Gasteiger partial charge in [-0.25, -0.2) is 4.98 Å². The first-order valence-corrected chi connectivity index (χ1v) is 27.6. The Labute approximate surface area is 443 Å². The number of ether oxygens (including phenoxy) is 1. The molecule has 8 rings (SSSR count). The van der Waals surface area contributed by atoms with Crippen molar-refractivity contribution in [2.24, 2.45) is 52.1 Å². The van der Waals surface area contributed by atoms with Crippen LogP contribution in [0.4, 0.5) is 11.5 Å². The van der Waals surface area contributed by atoms with Gasteiger partial charge in [-0.1, -0.05) is 81.4 Å². The van der Waals surface area contributed by atoms with Gasteiger partial charge in [-0.05, 0) is 158 Å². The van der Waals surface area contributed by atoms with E-state index in [0.29, 0.717) is 73.4 Å². The number of carbonyl (C=O) groups is 4. The third-order valence-electron chi connectivity index (χ3n) is 18.5. The first-order chi connectivity index (χ1) is 36.1. The van der Waals surface area contributed by atoms with Crippen molar-refractivity contribution >= 4 is 35.2 Å². The zero-order valence-corrected chi connectivity index (χ0v) is 44.3. The maximum atomic E-state index is 13.7. The van der Waals surface area contributed by atoms with Crippen LogP contribution in [0.2, 0.25) is 0 Å². The Morgan fingerprint density at radius 3 is 2.25 bits per heavy atom. The highest BCUT2D eigenvalue weighted by Crippen LogP contribution is 2.68. The van der Waals surface area contributed by atoms with Crippen LogP contribution in [0.3, 0.4) is 0 Å². The molecule has 2 heterocycles. The van der Waals surface area contributed by atoms with Crippen molar-refractivity contribution in [3.63, 3.8) is 0 Å². The molecule has 0 spiro atoms. The largest absolute Gasteiger partial charge is 0.469 e. The molecule has 0 aliphatic heterocycles. The lowest BCUT2D eigenvalue weighted by Crippen LogP contribution is -2.63. The van der Waals surface area contributed by atoms with Gasteiger partial charge in [-0.15, -0.1) is 0 Å². The molecule has 4 saturated carbocycles. The zero-order chi connectivity index (χ0) is 53.3. The number of benzene rings is 2. The van der Waals surface area contributed by atoms with Crippen LogP contribution in [-0.2, 0) is 23.9 Å². The molecule has 4 aliphatic carbocycles. The molecule has 404 valence electrons. The summed E-state index contributed by atoms with van der Waals surface area (Å²) in [5.74, 6) is 0.301. The molecule has 75 heavy (non-hydrogen) atoms. The number of carbonyl (C=O) groups excluding carboxylic acids is 4. The Morgan fingerprint density at radius 1 is 0.800 bits per heavy atom. The second kappa shape index (κ2) is 24.9. The Balaban J connectivity index is 0.784. The molecule has 4 aliphatic rings. The van der Waals surface area contributed by atoms with Crippen molar-refractivity contribution in [1.29, 1.82) is 0 Å². The van der Waals surface area contributed by atoms with Crippen molar-refractivity contribution in [3.05, 3.63) is 120 Å². The lowest BCUT2D eigenvalue weighted by molar-refractivity contribution is -0.202. The summed E-state index contributed by atoms with van der Waals surface area (Å²) in [5.41, 5.74) is 8.72. The zero-order valence-electron chi connectivity index (χ0n) is 44.3. The van der Waals surface area contributed by atoms with Gasteiger partial charge >= 0.3 is 5.97 Å². The van der Waals surface area contributed by atoms with Crippen molar-refractivity contribution in [2.45, 2.75) is 153 Å². The summed E-state index contributed by atoms with van der Waals surface area (Å²) in [4.78, 5) is 61.0. The lowest BCUT2D eigenvalue weighted by atomic mass is 9.43. The number of aliphatic hydroxyl groups excluding tert-OH is 3. The fourth-order valence-corrected chi connectivity index (χ4v) is 14.4. The molecule has 0 bridgehead atoms. The Kier molecular flexibility index (Phi) is 18.5. The predicted molar refractivity (Wildman–Crippen MR) is 288 cm³/mol. The van der Waals surface area contributed by atoms with E-state index < -0.39 is 36.3 Å². The Morgan fingerprint density at radius 2 is 1.52 bits per heavy atom. The monoisotopic (exact) mass is 1030 g/mol. The summed E-state index contributed by atoms with van der Waals surface area (Å²) in [7, 11) is 1.42. The summed E-state index contributed by atoms with van der Waals surface area (Å²) >= 11 is 0. The number of amides is 3. The van der Waals surface area contributed by atoms with E-state index in [4.69, 9.17) is 10.5 Å². The lowest BCUT2D eigenvalue weighted by Gasteiger charge is -2.63. The van der Waals surface area contributed by atoms with Crippen LogP contribution in [0.1, 0.15) is 146 Å². The van der Waals surface area contributed by atoms with Crippen LogP contribution < -0.4 is 27.0 Å². The Hall–Kier alpha value is -5.74. The van der Waals surface area contributed by atoms with Gasteiger partial charge in [0.25, 0.3) is 0 Å². The number of para-hydroxylation sites is 1. The maximum Gasteiger partial charge on any atom is 0.305 e. The highest BCUT2D eigenvalue weighted by atomic mass is 16.5. The van der Waals surface area contributed by atoms with Crippen molar-refractivity contribution in [3.8, 4) is 0 Å². The summed E-state index contributed by atoms with van der Waals surface area (Å²) in [5, 5.41) is 48.7. The van der Waals surface area contributed by atoms with Gasteiger partial charge in [0.05, 0.1) is 43.4 Å². The number of nitrogens with zero attached hydrogens (tertiary/aromatic N) is 2. The van der Waals surface area contributed by atoms with Gasteiger partial charge in [-0.2, -0.15) is 0 Å². The van der Waals surface area contributed by atoms with Gasteiger partial charge in [0, 0.05) is 55.6 Å². The van der Waals surface area contributed by atoms with Gasteiger partial charge in [-0.3, -0.25) is 24.2 Å². The standard InChI is InChI=1S/C60H81N7O8/c1-37(23-28-53(72)75-4)42-24-25-43-54-44(36-49(69)60(42,43)3)59(2)30-29-40(34-39(59)35-48(54)68)65-52(71)27-26-51(70)64-33-13-10-19-45(61)58(74)66-46-20-9-8-18-41(46)56(67-50-22-12-15-32-63-50)55(47-21-11-14-31-62-47)57(73)38-16-6-5-7-17-38/h5-9,11-12,14-18,20-22,31-32,37,39-40,42-45,48-49,54-57,68-69,73H,10,13,19,23-30,33-36,61H2,1-4H3,(H,63,67)(H,64,70)(H,65,71)(H,66,74)/t37-,39+,40+,42-,43+,44+,45+,48-,49+,54+,55?,56?,57?,59+,60-/m1/s1.